The maximum Gasteiger partial charge on any atom is 0.235 e. The lowest BCUT2D eigenvalue weighted by Gasteiger charge is -2.12. The second kappa shape index (κ2) is 4.41. The van der Waals surface area contributed by atoms with E-state index in [9.17, 15) is 0 Å². The van der Waals surface area contributed by atoms with Crippen molar-refractivity contribution >= 4 is 16.8 Å². The SMILES string of the molecule is c1ccc2c(c1)CCCc1cnc3nc4ccccc4n3c1-2. The van der Waals surface area contributed by atoms with Crippen molar-refractivity contribution < 1.29 is 0 Å². The third-order valence-corrected chi connectivity index (χ3v) is 4.57. The first-order chi connectivity index (χ1) is 10.9. The number of para-hydroxylation sites is 2. The number of aryl methyl sites for hydroxylation is 2. The smallest absolute Gasteiger partial charge is 0.235 e. The Morgan fingerprint density at radius 2 is 1.68 bits per heavy atom. The Kier molecular flexibility index (Phi) is 2.39. The summed E-state index contributed by atoms with van der Waals surface area (Å²) in [5.74, 6) is 0.789. The zero-order valence-electron chi connectivity index (χ0n) is 12.2. The molecular weight excluding hydrogens is 270 g/mol. The minimum atomic E-state index is 0.789. The van der Waals surface area contributed by atoms with E-state index in [2.05, 4.69) is 56.8 Å². The van der Waals surface area contributed by atoms with Crippen molar-refractivity contribution in [3.05, 3.63) is 65.9 Å². The first-order valence-corrected chi connectivity index (χ1v) is 7.75. The van der Waals surface area contributed by atoms with Gasteiger partial charge in [0.25, 0.3) is 0 Å². The lowest BCUT2D eigenvalue weighted by molar-refractivity contribution is 0.829. The summed E-state index contributed by atoms with van der Waals surface area (Å²) < 4.78 is 2.23. The zero-order valence-corrected chi connectivity index (χ0v) is 12.2. The highest BCUT2D eigenvalue weighted by atomic mass is 15.1. The summed E-state index contributed by atoms with van der Waals surface area (Å²) in [6, 6.07) is 17.0. The van der Waals surface area contributed by atoms with E-state index < -0.39 is 0 Å². The summed E-state index contributed by atoms with van der Waals surface area (Å²) in [6.45, 7) is 0. The fourth-order valence-electron chi connectivity index (χ4n) is 3.58. The minimum Gasteiger partial charge on any atom is -0.276 e. The molecule has 3 heteroatoms. The predicted octanol–water partition coefficient (Wildman–Crippen LogP) is 4.04. The van der Waals surface area contributed by atoms with E-state index in [0.717, 1.165) is 29.7 Å². The molecule has 0 bridgehead atoms. The van der Waals surface area contributed by atoms with Crippen LogP contribution in [0.25, 0.3) is 28.1 Å². The van der Waals surface area contributed by atoms with Crippen LogP contribution in [0.1, 0.15) is 17.5 Å². The van der Waals surface area contributed by atoms with E-state index in [4.69, 9.17) is 0 Å². The summed E-state index contributed by atoms with van der Waals surface area (Å²) in [5, 5.41) is 0. The van der Waals surface area contributed by atoms with Crippen molar-refractivity contribution in [3.63, 3.8) is 0 Å². The van der Waals surface area contributed by atoms with E-state index in [1.165, 1.54) is 28.8 Å². The van der Waals surface area contributed by atoms with Gasteiger partial charge in [-0.3, -0.25) is 4.40 Å². The Bertz CT molecular complexity index is 1010. The molecule has 1 aliphatic rings. The van der Waals surface area contributed by atoms with Gasteiger partial charge in [0.2, 0.25) is 5.78 Å². The average molecular weight is 285 g/mol. The molecule has 0 amide bonds. The molecule has 2 heterocycles. The van der Waals surface area contributed by atoms with Gasteiger partial charge in [0, 0.05) is 11.8 Å². The molecule has 2 aromatic heterocycles. The molecule has 0 aliphatic heterocycles. The van der Waals surface area contributed by atoms with Gasteiger partial charge in [-0.15, -0.1) is 0 Å². The van der Waals surface area contributed by atoms with Crippen molar-refractivity contribution in [1.82, 2.24) is 14.4 Å². The van der Waals surface area contributed by atoms with E-state index in [1.54, 1.807) is 0 Å². The highest BCUT2D eigenvalue weighted by Gasteiger charge is 2.19. The van der Waals surface area contributed by atoms with Gasteiger partial charge in [0.15, 0.2) is 0 Å². The number of aromatic nitrogens is 3. The molecule has 0 radical (unpaired) electrons. The van der Waals surface area contributed by atoms with Crippen LogP contribution in [-0.2, 0) is 12.8 Å². The second-order valence-corrected chi connectivity index (χ2v) is 5.88. The number of nitrogens with zero attached hydrogens (tertiary/aromatic N) is 3. The third-order valence-electron chi connectivity index (χ3n) is 4.57. The molecule has 0 spiro atoms. The number of rotatable bonds is 0. The van der Waals surface area contributed by atoms with Gasteiger partial charge in [0.1, 0.15) is 0 Å². The van der Waals surface area contributed by atoms with Crippen molar-refractivity contribution in [1.29, 1.82) is 0 Å². The molecule has 3 nitrogen and oxygen atoms in total. The molecular formula is C19H15N3. The first-order valence-electron chi connectivity index (χ1n) is 7.75. The fourth-order valence-corrected chi connectivity index (χ4v) is 3.58. The number of fused-ring (bicyclic) bond motifs is 7. The maximum atomic E-state index is 4.68. The minimum absolute atomic E-state index is 0.789. The van der Waals surface area contributed by atoms with Crippen molar-refractivity contribution in [3.8, 4) is 11.3 Å². The largest absolute Gasteiger partial charge is 0.276 e. The molecule has 106 valence electrons. The van der Waals surface area contributed by atoms with E-state index in [-0.39, 0.29) is 0 Å². The standard InChI is InChI=1S/C19H15N3/c1-2-9-15-13(6-1)7-5-8-14-12-20-19-21-16-10-3-4-11-17(16)22(19)18(14)15/h1-4,6,9-12H,5,7-8H2. The third kappa shape index (κ3) is 1.56. The van der Waals surface area contributed by atoms with Crippen LogP contribution < -0.4 is 0 Å². The van der Waals surface area contributed by atoms with Gasteiger partial charge < -0.3 is 0 Å². The summed E-state index contributed by atoms with van der Waals surface area (Å²) in [7, 11) is 0. The van der Waals surface area contributed by atoms with Crippen molar-refractivity contribution in [2.75, 3.05) is 0 Å². The first kappa shape index (κ1) is 11.9. The molecule has 0 atom stereocenters. The molecule has 4 aromatic rings. The number of hydrogen-bond acceptors (Lipinski definition) is 2. The highest BCUT2D eigenvalue weighted by molar-refractivity contribution is 5.84. The number of benzene rings is 2. The molecule has 0 saturated carbocycles. The molecule has 0 unspecified atom stereocenters. The summed E-state index contributed by atoms with van der Waals surface area (Å²) >= 11 is 0. The van der Waals surface area contributed by atoms with E-state index >= 15 is 0 Å². The topological polar surface area (TPSA) is 30.2 Å². The van der Waals surface area contributed by atoms with Crippen LogP contribution in [0.2, 0.25) is 0 Å². The van der Waals surface area contributed by atoms with Crippen molar-refractivity contribution in [2.45, 2.75) is 19.3 Å². The average Bonchev–Trinajstić information content (AvgIpc) is 2.83. The highest BCUT2D eigenvalue weighted by Crippen LogP contribution is 2.34. The summed E-state index contributed by atoms with van der Waals surface area (Å²) in [6.07, 6.45) is 5.38. The molecule has 1 aliphatic carbocycles. The molecule has 0 saturated heterocycles. The lowest BCUT2D eigenvalue weighted by atomic mass is 10.0. The monoisotopic (exact) mass is 285 g/mol. The van der Waals surface area contributed by atoms with Crippen LogP contribution in [-0.4, -0.2) is 14.4 Å². The quantitative estimate of drug-likeness (QED) is 0.488. The Hall–Kier alpha value is -2.68. The van der Waals surface area contributed by atoms with Crippen LogP contribution in [0.15, 0.2) is 54.7 Å². The van der Waals surface area contributed by atoms with Crippen LogP contribution in [0.5, 0.6) is 0 Å². The Morgan fingerprint density at radius 1 is 0.864 bits per heavy atom. The zero-order chi connectivity index (χ0) is 14.5. The molecule has 0 fully saturated rings. The van der Waals surface area contributed by atoms with Crippen LogP contribution >= 0.6 is 0 Å². The Morgan fingerprint density at radius 3 is 2.68 bits per heavy atom. The van der Waals surface area contributed by atoms with Gasteiger partial charge >= 0.3 is 0 Å². The number of hydrogen-bond donors (Lipinski definition) is 0. The molecule has 5 rings (SSSR count). The normalized spacial score (nSPS) is 13.8. The van der Waals surface area contributed by atoms with Crippen LogP contribution in [0, 0.1) is 0 Å². The van der Waals surface area contributed by atoms with Crippen molar-refractivity contribution in [2.24, 2.45) is 0 Å². The van der Waals surface area contributed by atoms with Crippen LogP contribution in [0.3, 0.4) is 0 Å². The maximum absolute atomic E-state index is 4.68. The predicted molar refractivity (Wildman–Crippen MR) is 88.0 cm³/mol. The fraction of sp³-hybridized carbons (Fsp3) is 0.158. The molecule has 22 heavy (non-hydrogen) atoms. The van der Waals surface area contributed by atoms with E-state index in [0.29, 0.717) is 0 Å². The second-order valence-electron chi connectivity index (χ2n) is 5.88. The Balaban J connectivity index is 2.01. The van der Waals surface area contributed by atoms with Gasteiger partial charge in [-0.1, -0.05) is 36.4 Å². The molecule has 2 aromatic carbocycles. The summed E-state index contributed by atoms with van der Waals surface area (Å²) in [4.78, 5) is 9.28. The van der Waals surface area contributed by atoms with Gasteiger partial charge in [-0.25, -0.2) is 9.97 Å². The van der Waals surface area contributed by atoms with Gasteiger partial charge in [0.05, 0.1) is 16.7 Å². The lowest BCUT2D eigenvalue weighted by Crippen LogP contribution is -2.00. The number of imidazole rings is 1. The Labute approximate surface area is 128 Å². The van der Waals surface area contributed by atoms with E-state index in [1.807, 2.05) is 12.3 Å². The van der Waals surface area contributed by atoms with Crippen LogP contribution in [0.4, 0.5) is 0 Å². The molecule has 0 N–H and O–H groups in total. The summed E-state index contributed by atoms with van der Waals surface area (Å²) in [5.41, 5.74) is 7.48. The van der Waals surface area contributed by atoms with Gasteiger partial charge in [-0.2, -0.15) is 0 Å². The van der Waals surface area contributed by atoms with Gasteiger partial charge in [-0.05, 0) is 42.5 Å².